The van der Waals surface area contributed by atoms with Crippen LogP contribution in [0.5, 0.6) is 0 Å². The fourth-order valence-electron chi connectivity index (χ4n) is 2.24. The van der Waals surface area contributed by atoms with E-state index in [1.165, 1.54) is 0 Å². The quantitative estimate of drug-likeness (QED) is 0.632. The van der Waals surface area contributed by atoms with Crippen molar-refractivity contribution in [3.05, 3.63) is 41.4 Å². The number of thiazole rings is 1. The average Bonchev–Trinajstić information content (AvgIpc) is 2.88. The number of hydrogen-bond acceptors (Lipinski definition) is 4. The number of ether oxygens (including phenoxy) is 1. The Balaban J connectivity index is 1.62. The number of hydrogen-bond donors (Lipinski definition) is 0. The molecule has 0 saturated heterocycles. The number of rotatable bonds is 3. The summed E-state index contributed by atoms with van der Waals surface area (Å²) in [6.45, 7) is 0.290. The van der Waals surface area contributed by atoms with Gasteiger partial charge >= 0.3 is 5.97 Å². The van der Waals surface area contributed by atoms with E-state index in [1.54, 1.807) is 11.3 Å². The van der Waals surface area contributed by atoms with Crippen LogP contribution in [0.3, 0.4) is 0 Å². The van der Waals surface area contributed by atoms with Crippen LogP contribution < -0.4 is 0 Å². The van der Waals surface area contributed by atoms with E-state index in [-0.39, 0.29) is 11.9 Å². The van der Waals surface area contributed by atoms with E-state index in [0.717, 1.165) is 34.5 Å². The van der Waals surface area contributed by atoms with Crippen LogP contribution in [0.4, 0.5) is 0 Å². The van der Waals surface area contributed by atoms with Gasteiger partial charge < -0.3 is 4.74 Å². The molecule has 1 aromatic heterocycles. The van der Waals surface area contributed by atoms with E-state index >= 15 is 0 Å². The monoisotopic (exact) mass is 273 g/mol. The molecule has 19 heavy (non-hydrogen) atoms. The molecule has 2 aromatic rings. The number of aromatic nitrogens is 1. The first-order valence-electron chi connectivity index (χ1n) is 6.49. The molecule has 3 nitrogen and oxygen atoms in total. The molecule has 1 heterocycles. The second kappa shape index (κ2) is 5.53. The Labute approximate surface area is 115 Å². The molecule has 1 aliphatic rings. The number of fused-ring (bicyclic) bond motifs is 1. The first-order valence-corrected chi connectivity index (χ1v) is 7.30. The molecule has 1 unspecified atom stereocenters. The molecule has 98 valence electrons. The Bertz CT molecular complexity index is 584. The summed E-state index contributed by atoms with van der Waals surface area (Å²) in [7, 11) is 0. The highest BCUT2D eigenvalue weighted by Gasteiger charge is 2.20. The van der Waals surface area contributed by atoms with Crippen molar-refractivity contribution in [1.29, 1.82) is 0 Å². The number of carbonyl (C=O) groups is 1. The van der Waals surface area contributed by atoms with Gasteiger partial charge in [-0.2, -0.15) is 0 Å². The Morgan fingerprint density at radius 2 is 2.26 bits per heavy atom. The molecule has 0 aliphatic heterocycles. The number of nitrogens with zero attached hydrogens (tertiary/aromatic N) is 1. The lowest BCUT2D eigenvalue weighted by Gasteiger charge is -2.15. The van der Waals surface area contributed by atoms with Crippen molar-refractivity contribution in [3.63, 3.8) is 0 Å². The number of allylic oxidation sites excluding steroid dienone is 2. The van der Waals surface area contributed by atoms with Crippen LogP contribution in [0.2, 0.25) is 0 Å². The van der Waals surface area contributed by atoms with Crippen molar-refractivity contribution in [2.75, 3.05) is 0 Å². The Hall–Kier alpha value is -1.68. The van der Waals surface area contributed by atoms with Gasteiger partial charge in [0.25, 0.3) is 0 Å². The smallest absolute Gasteiger partial charge is 0.309 e. The number of para-hydroxylation sites is 1. The molecule has 0 N–H and O–H groups in total. The molecule has 0 spiro atoms. The average molecular weight is 273 g/mol. The number of esters is 1. The van der Waals surface area contributed by atoms with Crippen molar-refractivity contribution in [2.24, 2.45) is 5.92 Å². The minimum atomic E-state index is -0.0939. The molecule has 0 radical (unpaired) electrons. The Morgan fingerprint density at radius 1 is 1.37 bits per heavy atom. The molecule has 1 aromatic carbocycles. The third kappa shape index (κ3) is 2.84. The summed E-state index contributed by atoms with van der Waals surface area (Å²) >= 11 is 1.58. The first-order chi connectivity index (χ1) is 9.33. The molecular formula is C15H15NO2S. The van der Waals surface area contributed by atoms with Crippen LogP contribution in [-0.4, -0.2) is 11.0 Å². The van der Waals surface area contributed by atoms with Crippen LogP contribution in [0.1, 0.15) is 24.3 Å². The Morgan fingerprint density at radius 3 is 3.05 bits per heavy atom. The van der Waals surface area contributed by atoms with Crippen molar-refractivity contribution < 1.29 is 9.53 Å². The minimum Gasteiger partial charge on any atom is -0.458 e. The summed E-state index contributed by atoms with van der Waals surface area (Å²) in [5.41, 5.74) is 0.971. The zero-order valence-corrected chi connectivity index (χ0v) is 11.4. The molecule has 0 bridgehead atoms. The molecule has 3 rings (SSSR count). The van der Waals surface area contributed by atoms with Crippen LogP contribution >= 0.6 is 11.3 Å². The van der Waals surface area contributed by atoms with Crippen LogP contribution in [0.15, 0.2) is 36.4 Å². The van der Waals surface area contributed by atoms with Gasteiger partial charge in [-0.15, -0.1) is 11.3 Å². The zero-order chi connectivity index (χ0) is 13.1. The van der Waals surface area contributed by atoms with E-state index in [9.17, 15) is 4.79 Å². The highest BCUT2D eigenvalue weighted by molar-refractivity contribution is 7.18. The topological polar surface area (TPSA) is 39.2 Å². The molecule has 1 aliphatic carbocycles. The van der Waals surface area contributed by atoms with Gasteiger partial charge in [-0.25, -0.2) is 4.98 Å². The summed E-state index contributed by atoms with van der Waals surface area (Å²) in [5.74, 6) is -0.0667. The zero-order valence-electron chi connectivity index (χ0n) is 10.5. The van der Waals surface area contributed by atoms with Crippen molar-refractivity contribution in [3.8, 4) is 0 Å². The van der Waals surface area contributed by atoms with E-state index in [1.807, 2.05) is 24.3 Å². The fraction of sp³-hybridized carbons (Fsp3) is 0.333. The van der Waals surface area contributed by atoms with Crippen LogP contribution in [0, 0.1) is 5.92 Å². The highest BCUT2D eigenvalue weighted by Crippen LogP contribution is 2.24. The number of benzene rings is 1. The predicted octanol–water partition coefficient (Wildman–Crippen LogP) is 3.70. The van der Waals surface area contributed by atoms with Gasteiger partial charge in [-0.1, -0.05) is 24.3 Å². The van der Waals surface area contributed by atoms with Gasteiger partial charge in [0, 0.05) is 0 Å². The number of carbonyl (C=O) groups excluding carboxylic acids is 1. The molecule has 0 fully saturated rings. The standard InChI is InChI=1S/C15H15NO2S/c17-15(11-6-2-1-3-7-11)18-10-14-16-12-8-4-5-9-13(12)19-14/h1-2,4-5,8-9,11H,3,6-7,10H2. The predicted molar refractivity (Wildman–Crippen MR) is 75.9 cm³/mol. The first kappa shape index (κ1) is 12.4. The van der Waals surface area contributed by atoms with Crippen molar-refractivity contribution >= 4 is 27.5 Å². The van der Waals surface area contributed by atoms with Crippen molar-refractivity contribution in [1.82, 2.24) is 4.98 Å². The lowest BCUT2D eigenvalue weighted by atomic mass is 9.95. The van der Waals surface area contributed by atoms with Gasteiger partial charge in [0.1, 0.15) is 11.6 Å². The van der Waals surface area contributed by atoms with E-state index < -0.39 is 0 Å². The van der Waals surface area contributed by atoms with Gasteiger partial charge in [-0.3, -0.25) is 4.79 Å². The molecular weight excluding hydrogens is 258 g/mol. The lowest BCUT2D eigenvalue weighted by Crippen LogP contribution is -2.18. The second-order valence-electron chi connectivity index (χ2n) is 4.66. The Kier molecular flexibility index (Phi) is 3.60. The normalized spacial score (nSPS) is 18.6. The largest absolute Gasteiger partial charge is 0.458 e. The molecule has 4 heteroatoms. The second-order valence-corrected chi connectivity index (χ2v) is 5.78. The molecule has 1 atom stereocenters. The maximum Gasteiger partial charge on any atom is 0.309 e. The highest BCUT2D eigenvalue weighted by atomic mass is 32.1. The van der Waals surface area contributed by atoms with Crippen molar-refractivity contribution in [2.45, 2.75) is 25.9 Å². The SMILES string of the molecule is O=C(OCc1nc2ccccc2s1)C1CC=CCC1. The summed E-state index contributed by atoms with van der Waals surface area (Å²) < 4.78 is 6.51. The maximum absolute atomic E-state index is 11.9. The lowest BCUT2D eigenvalue weighted by molar-refractivity contribution is -0.150. The third-order valence-corrected chi connectivity index (χ3v) is 4.29. The summed E-state index contributed by atoms with van der Waals surface area (Å²) in [4.78, 5) is 16.4. The van der Waals surface area contributed by atoms with Gasteiger partial charge in [-0.05, 0) is 31.4 Å². The van der Waals surface area contributed by atoms with E-state index in [0.29, 0.717) is 6.61 Å². The van der Waals surface area contributed by atoms with E-state index in [4.69, 9.17) is 4.74 Å². The maximum atomic E-state index is 11.9. The molecule has 0 amide bonds. The van der Waals surface area contributed by atoms with E-state index in [2.05, 4.69) is 17.1 Å². The summed E-state index contributed by atoms with van der Waals surface area (Å²) in [6.07, 6.45) is 6.86. The summed E-state index contributed by atoms with van der Waals surface area (Å²) in [5, 5.41) is 0.862. The fourth-order valence-corrected chi connectivity index (χ4v) is 3.12. The van der Waals surface area contributed by atoms with Gasteiger partial charge in [0.15, 0.2) is 0 Å². The summed E-state index contributed by atoms with van der Waals surface area (Å²) in [6, 6.07) is 7.96. The van der Waals surface area contributed by atoms with Crippen LogP contribution in [0.25, 0.3) is 10.2 Å². The van der Waals surface area contributed by atoms with Crippen LogP contribution in [-0.2, 0) is 16.1 Å². The molecule has 0 saturated carbocycles. The van der Waals surface area contributed by atoms with Gasteiger partial charge in [0.05, 0.1) is 16.1 Å². The third-order valence-electron chi connectivity index (χ3n) is 3.28. The van der Waals surface area contributed by atoms with Gasteiger partial charge in [0.2, 0.25) is 0 Å². The minimum absolute atomic E-state index is 0.0272.